The lowest BCUT2D eigenvalue weighted by atomic mass is 10.1. The number of hydrogen-bond donors (Lipinski definition) is 1. The number of aromatic nitrogens is 1. The number of amides is 1. The molecule has 0 aliphatic carbocycles. The van der Waals surface area contributed by atoms with Crippen LogP contribution in [0.5, 0.6) is 0 Å². The van der Waals surface area contributed by atoms with Gasteiger partial charge in [-0.2, -0.15) is 5.26 Å². The number of carbonyl (C=O) groups is 1. The second-order valence-electron chi connectivity index (χ2n) is 7.78. The van der Waals surface area contributed by atoms with Gasteiger partial charge < -0.3 is 14.8 Å². The summed E-state index contributed by atoms with van der Waals surface area (Å²) in [5.74, 6) is 0.310. The van der Waals surface area contributed by atoms with Crippen LogP contribution in [0, 0.1) is 11.3 Å². The summed E-state index contributed by atoms with van der Waals surface area (Å²) in [5, 5.41) is 13.7. The van der Waals surface area contributed by atoms with Gasteiger partial charge in [-0.3, -0.25) is 4.79 Å². The van der Waals surface area contributed by atoms with Crippen LogP contribution in [0.15, 0.2) is 24.3 Å². The van der Waals surface area contributed by atoms with E-state index >= 15 is 0 Å². The summed E-state index contributed by atoms with van der Waals surface area (Å²) < 4.78 is 2.32. The van der Waals surface area contributed by atoms with Crippen molar-refractivity contribution in [3.8, 4) is 6.07 Å². The van der Waals surface area contributed by atoms with E-state index in [1.807, 2.05) is 18.2 Å². The normalized spacial score (nSPS) is 22.4. The number of nitrogens with one attached hydrogen (secondary N) is 1. The van der Waals surface area contributed by atoms with Gasteiger partial charge in [0.25, 0.3) is 0 Å². The predicted molar refractivity (Wildman–Crippen MR) is 106 cm³/mol. The smallest absolute Gasteiger partial charge is 0.239 e. The number of fused-ring (bicyclic) bond motifs is 1. The van der Waals surface area contributed by atoms with Gasteiger partial charge in [0.15, 0.2) is 0 Å². The van der Waals surface area contributed by atoms with E-state index in [-0.39, 0.29) is 6.04 Å². The fourth-order valence-electron chi connectivity index (χ4n) is 4.80. The van der Waals surface area contributed by atoms with Crippen molar-refractivity contribution in [2.45, 2.75) is 64.1 Å². The molecule has 5 nitrogen and oxygen atoms in total. The Kier molecular flexibility index (Phi) is 5.18. The fourth-order valence-corrected chi connectivity index (χ4v) is 4.80. The first kappa shape index (κ1) is 18.1. The van der Waals surface area contributed by atoms with Gasteiger partial charge in [-0.15, -0.1) is 0 Å². The van der Waals surface area contributed by atoms with Crippen LogP contribution in [0.25, 0.3) is 10.9 Å². The van der Waals surface area contributed by atoms with Crippen LogP contribution in [0.4, 0.5) is 0 Å². The standard InChI is InChI=1S/C22H28N4O/c1-2-25-19(14-17-8-7-16(15-23)13-21(17)25)10-9-18-5-4-12-26(18)22(27)20-6-3-11-24-20/h7-8,13-14,18,20,24H,2-6,9-12H2,1H3/t18-,20+/m0/s1. The van der Waals surface area contributed by atoms with Gasteiger partial charge in [-0.25, -0.2) is 0 Å². The third-order valence-electron chi connectivity index (χ3n) is 6.19. The lowest BCUT2D eigenvalue weighted by Gasteiger charge is -2.27. The molecular weight excluding hydrogens is 336 g/mol. The van der Waals surface area contributed by atoms with Gasteiger partial charge in [-0.1, -0.05) is 6.07 Å². The van der Waals surface area contributed by atoms with E-state index in [2.05, 4.69) is 33.8 Å². The largest absolute Gasteiger partial charge is 0.345 e. The van der Waals surface area contributed by atoms with Crippen LogP contribution in [-0.2, 0) is 17.8 Å². The molecule has 2 saturated heterocycles. The lowest BCUT2D eigenvalue weighted by Crippen LogP contribution is -2.45. The molecule has 2 atom stereocenters. The summed E-state index contributed by atoms with van der Waals surface area (Å²) in [6.07, 6.45) is 6.30. The van der Waals surface area contributed by atoms with Crippen molar-refractivity contribution < 1.29 is 4.79 Å². The molecule has 5 heteroatoms. The van der Waals surface area contributed by atoms with Gasteiger partial charge in [0.05, 0.1) is 17.7 Å². The first-order valence-electron chi connectivity index (χ1n) is 10.3. The number of rotatable bonds is 5. The van der Waals surface area contributed by atoms with Crippen LogP contribution in [0.1, 0.15) is 50.3 Å². The predicted octanol–water partition coefficient (Wildman–Crippen LogP) is 3.21. The van der Waals surface area contributed by atoms with Crippen LogP contribution >= 0.6 is 0 Å². The number of carbonyl (C=O) groups excluding carboxylic acids is 1. The quantitative estimate of drug-likeness (QED) is 0.886. The molecule has 2 aliphatic rings. The zero-order valence-corrected chi connectivity index (χ0v) is 16.1. The molecular formula is C22H28N4O. The average Bonchev–Trinajstić information content (AvgIpc) is 3.44. The highest BCUT2D eigenvalue weighted by Crippen LogP contribution is 2.27. The van der Waals surface area contributed by atoms with Crippen LogP contribution < -0.4 is 5.32 Å². The van der Waals surface area contributed by atoms with Crippen molar-refractivity contribution in [1.82, 2.24) is 14.8 Å². The molecule has 0 unspecified atom stereocenters. The van der Waals surface area contributed by atoms with E-state index in [1.165, 1.54) is 11.1 Å². The molecule has 2 fully saturated rings. The molecule has 2 aliphatic heterocycles. The molecule has 1 aromatic carbocycles. The molecule has 142 valence electrons. The van der Waals surface area contributed by atoms with Crippen molar-refractivity contribution in [3.63, 3.8) is 0 Å². The van der Waals surface area contributed by atoms with E-state index in [9.17, 15) is 10.1 Å². The number of aryl methyl sites for hydroxylation is 2. The third kappa shape index (κ3) is 3.46. The van der Waals surface area contributed by atoms with E-state index in [4.69, 9.17) is 0 Å². The minimum Gasteiger partial charge on any atom is -0.345 e. The Labute approximate surface area is 160 Å². The number of nitrogens with zero attached hydrogens (tertiary/aromatic N) is 3. The summed E-state index contributed by atoms with van der Waals surface area (Å²) in [6.45, 7) is 4.92. The minimum absolute atomic E-state index is 0.0390. The second kappa shape index (κ2) is 7.74. The Bertz CT molecular complexity index is 872. The molecule has 1 aromatic heterocycles. The van der Waals surface area contributed by atoms with E-state index in [1.54, 1.807) is 0 Å². The summed E-state index contributed by atoms with van der Waals surface area (Å²) in [5.41, 5.74) is 3.15. The number of hydrogen-bond acceptors (Lipinski definition) is 3. The first-order chi connectivity index (χ1) is 13.2. The lowest BCUT2D eigenvalue weighted by molar-refractivity contribution is -0.134. The van der Waals surface area contributed by atoms with Gasteiger partial charge in [0.1, 0.15) is 0 Å². The highest BCUT2D eigenvalue weighted by Gasteiger charge is 2.34. The van der Waals surface area contributed by atoms with Crippen LogP contribution in [-0.4, -0.2) is 40.5 Å². The van der Waals surface area contributed by atoms with E-state index < -0.39 is 0 Å². The summed E-state index contributed by atoms with van der Waals surface area (Å²) in [7, 11) is 0. The number of nitriles is 1. The summed E-state index contributed by atoms with van der Waals surface area (Å²) >= 11 is 0. The van der Waals surface area contributed by atoms with Crippen molar-refractivity contribution >= 4 is 16.8 Å². The summed E-state index contributed by atoms with van der Waals surface area (Å²) in [6, 6.07) is 10.8. The SMILES string of the molecule is CCn1c(CC[C@@H]2CCCN2C(=O)[C@H]2CCCN2)cc2ccc(C#N)cc21. The van der Waals surface area contributed by atoms with Crippen molar-refractivity contribution in [2.75, 3.05) is 13.1 Å². The van der Waals surface area contributed by atoms with Gasteiger partial charge in [0, 0.05) is 30.3 Å². The molecule has 1 N–H and O–H groups in total. The average molecular weight is 364 g/mol. The Hall–Kier alpha value is -2.32. The van der Waals surface area contributed by atoms with Crippen molar-refractivity contribution in [2.24, 2.45) is 0 Å². The zero-order valence-electron chi connectivity index (χ0n) is 16.1. The highest BCUT2D eigenvalue weighted by atomic mass is 16.2. The maximum Gasteiger partial charge on any atom is 0.239 e. The molecule has 0 saturated carbocycles. The van der Waals surface area contributed by atoms with Crippen molar-refractivity contribution in [1.29, 1.82) is 5.26 Å². The van der Waals surface area contributed by atoms with Crippen LogP contribution in [0.2, 0.25) is 0 Å². The molecule has 0 radical (unpaired) electrons. The Morgan fingerprint density at radius 1 is 1.30 bits per heavy atom. The third-order valence-corrected chi connectivity index (χ3v) is 6.19. The van der Waals surface area contributed by atoms with E-state index in [0.717, 1.165) is 63.7 Å². The summed E-state index contributed by atoms with van der Waals surface area (Å²) in [4.78, 5) is 15.0. The molecule has 3 heterocycles. The topological polar surface area (TPSA) is 61.1 Å². The highest BCUT2D eigenvalue weighted by molar-refractivity contribution is 5.83. The Morgan fingerprint density at radius 2 is 2.19 bits per heavy atom. The van der Waals surface area contributed by atoms with E-state index in [0.29, 0.717) is 17.5 Å². The maximum absolute atomic E-state index is 12.8. The van der Waals surface area contributed by atoms with Gasteiger partial charge >= 0.3 is 0 Å². The monoisotopic (exact) mass is 364 g/mol. The number of benzene rings is 1. The zero-order chi connectivity index (χ0) is 18.8. The van der Waals surface area contributed by atoms with Gasteiger partial charge in [-0.05, 0) is 75.6 Å². The molecule has 0 bridgehead atoms. The van der Waals surface area contributed by atoms with Crippen molar-refractivity contribution in [3.05, 3.63) is 35.5 Å². The Morgan fingerprint density at radius 3 is 2.93 bits per heavy atom. The molecule has 0 spiro atoms. The Balaban J connectivity index is 1.49. The minimum atomic E-state index is 0.0390. The fraction of sp³-hybridized carbons (Fsp3) is 0.545. The molecule has 2 aromatic rings. The molecule has 27 heavy (non-hydrogen) atoms. The molecule has 1 amide bonds. The number of likely N-dealkylation sites (tertiary alicyclic amines) is 1. The molecule has 4 rings (SSSR count). The van der Waals surface area contributed by atoms with Gasteiger partial charge in [0.2, 0.25) is 5.91 Å². The first-order valence-corrected chi connectivity index (χ1v) is 10.3. The maximum atomic E-state index is 12.8. The van der Waals surface area contributed by atoms with Crippen LogP contribution in [0.3, 0.4) is 0 Å². The second-order valence-corrected chi connectivity index (χ2v) is 7.78.